The molecule has 3 aromatic rings. The Morgan fingerprint density at radius 3 is 2.45 bits per heavy atom. The average molecular weight is 489 g/mol. The van der Waals surface area contributed by atoms with Crippen molar-refractivity contribution < 1.29 is 22.9 Å². The number of pyridine rings is 1. The van der Waals surface area contributed by atoms with Crippen LogP contribution in [-0.4, -0.2) is 11.7 Å². The monoisotopic (exact) mass is 488 g/mol. The summed E-state index contributed by atoms with van der Waals surface area (Å²) < 4.78 is 38.6. The SMILES string of the molecule is N#Cc1c(N)[nH+]c(SCC(=O)Nc2cccc(C(F)(F)F)c2)c(C#N)c1-c1ccccc1Cl. The van der Waals surface area contributed by atoms with Crippen molar-refractivity contribution in [2.24, 2.45) is 0 Å². The lowest BCUT2D eigenvalue weighted by molar-refractivity contribution is -0.410. The molecule has 6 nitrogen and oxygen atoms in total. The van der Waals surface area contributed by atoms with Gasteiger partial charge in [0.15, 0.2) is 5.03 Å². The first kappa shape index (κ1) is 23.9. The van der Waals surface area contributed by atoms with E-state index in [1.54, 1.807) is 24.3 Å². The van der Waals surface area contributed by atoms with Crippen LogP contribution in [0.2, 0.25) is 5.02 Å². The molecule has 0 unspecified atom stereocenters. The number of nitrogen functional groups attached to an aromatic ring is 1. The van der Waals surface area contributed by atoms with E-state index in [0.717, 1.165) is 23.9 Å². The first-order valence-electron chi connectivity index (χ1n) is 9.19. The summed E-state index contributed by atoms with van der Waals surface area (Å²) >= 11 is 7.18. The molecule has 4 N–H and O–H groups in total. The number of benzene rings is 2. The molecule has 0 aliphatic carbocycles. The minimum Gasteiger partial charge on any atom is -0.325 e. The van der Waals surface area contributed by atoms with E-state index < -0.39 is 17.6 Å². The lowest BCUT2D eigenvalue weighted by Crippen LogP contribution is -2.21. The zero-order valence-corrected chi connectivity index (χ0v) is 18.2. The highest BCUT2D eigenvalue weighted by Crippen LogP contribution is 2.37. The fourth-order valence-corrected chi connectivity index (χ4v) is 4.04. The third-order valence-corrected chi connectivity index (χ3v) is 5.76. The van der Waals surface area contributed by atoms with Crippen molar-refractivity contribution in [3.63, 3.8) is 0 Å². The van der Waals surface area contributed by atoms with E-state index in [9.17, 15) is 28.5 Å². The largest absolute Gasteiger partial charge is 0.416 e. The van der Waals surface area contributed by atoms with E-state index in [4.69, 9.17) is 17.3 Å². The van der Waals surface area contributed by atoms with Gasteiger partial charge in [-0.15, -0.1) is 0 Å². The van der Waals surface area contributed by atoms with Gasteiger partial charge in [0.25, 0.3) is 5.82 Å². The van der Waals surface area contributed by atoms with Crippen molar-refractivity contribution >= 4 is 40.8 Å². The summed E-state index contributed by atoms with van der Waals surface area (Å²) in [6.45, 7) is 0. The van der Waals surface area contributed by atoms with Crippen LogP contribution in [0.4, 0.5) is 24.7 Å². The summed E-state index contributed by atoms with van der Waals surface area (Å²) in [6, 6.07) is 14.8. The van der Waals surface area contributed by atoms with Crippen LogP contribution in [0.1, 0.15) is 16.7 Å². The Kier molecular flexibility index (Phi) is 7.12. The number of hydrogen-bond acceptors (Lipinski definition) is 5. The highest BCUT2D eigenvalue weighted by Gasteiger charge is 2.30. The van der Waals surface area contributed by atoms with Gasteiger partial charge in [-0.2, -0.15) is 23.7 Å². The van der Waals surface area contributed by atoms with Crippen LogP contribution in [0.25, 0.3) is 11.1 Å². The summed E-state index contributed by atoms with van der Waals surface area (Å²) in [6.07, 6.45) is -4.54. The lowest BCUT2D eigenvalue weighted by Gasteiger charge is -2.12. The Hall–Kier alpha value is -3.73. The van der Waals surface area contributed by atoms with Crippen LogP contribution in [0.3, 0.4) is 0 Å². The van der Waals surface area contributed by atoms with Gasteiger partial charge in [-0.1, -0.05) is 47.6 Å². The van der Waals surface area contributed by atoms with E-state index in [2.05, 4.69) is 10.3 Å². The number of aromatic amines is 1. The number of hydrogen-bond donors (Lipinski definition) is 2. The molecule has 0 saturated heterocycles. The Morgan fingerprint density at radius 1 is 1.12 bits per heavy atom. The van der Waals surface area contributed by atoms with E-state index in [1.165, 1.54) is 12.1 Å². The predicted molar refractivity (Wildman–Crippen MR) is 118 cm³/mol. The van der Waals surface area contributed by atoms with Gasteiger partial charge in [-0.3, -0.25) is 10.5 Å². The van der Waals surface area contributed by atoms with Gasteiger partial charge in [0.2, 0.25) is 5.91 Å². The molecule has 166 valence electrons. The second-order valence-electron chi connectivity index (χ2n) is 6.61. The van der Waals surface area contributed by atoms with Crippen molar-refractivity contribution in [2.75, 3.05) is 16.8 Å². The Morgan fingerprint density at radius 2 is 1.82 bits per heavy atom. The topological polar surface area (TPSA) is 117 Å². The number of thioether (sulfide) groups is 1. The number of halogens is 4. The molecule has 0 fully saturated rings. The van der Waals surface area contributed by atoms with Crippen molar-refractivity contribution in [3.8, 4) is 23.3 Å². The fraction of sp³-hybridized carbons (Fsp3) is 0.0909. The highest BCUT2D eigenvalue weighted by atomic mass is 35.5. The lowest BCUT2D eigenvalue weighted by atomic mass is 9.97. The van der Waals surface area contributed by atoms with Gasteiger partial charge in [0.05, 0.1) is 11.3 Å². The minimum atomic E-state index is -4.54. The zero-order valence-electron chi connectivity index (χ0n) is 16.6. The molecule has 1 heterocycles. The van der Waals surface area contributed by atoms with Gasteiger partial charge < -0.3 is 5.32 Å². The number of rotatable bonds is 5. The summed E-state index contributed by atoms with van der Waals surface area (Å²) in [5.74, 6) is -0.861. The molecule has 3 rings (SSSR count). The molecule has 11 heteroatoms. The van der Waals surface area contributed by atoms with Gasteiger partial charge in [0.1, 0.15) is 23.3 Å². The molecule has 0 atom stereocenters. The number of amides is 1. The number of carbonyl (C=O) groups excluding carboxylic acids is 1. The molecule has 1 amide bonds. The summed E-state index contributed by atoms with van der Waals surface area (Å²) in [7, 11) is 0. The molecule has 0 bridgehead atoms. The molecule has 0 saturated carbocycles. The molecule has 33 heavy (non-hydrogen) atoms. The third kappa shape index (κ3) is 5.37. The van der Waals surface area contributed by atoms with Crippen LogP contribution in [-0.2, 0) is 11.0 Å². The zero-order chi connectivity index (χ0) is 24.2. The second-order valence-corrected chi connectivity index (χ2v) is 8.00. The second kappa shape index (κ2) is 9.82. The predicted octanol–water partition coefficient (Wildman–Crippen LogP) is 4.90. The van der Waals surface area contributed by atoms with Gasteiger partial charge in [-0.25, -0.2) is 4.98 Å². The quantitative estimate of drug-likeness (QED) is 0.495. The van der Waals surface area contributed by atoms with Crippen molar-refractivity contribution in [1.29, 1.82) is 10.5 Å². The molecular formula is C22H14ClF3N5OS+. The van der Waals surface area contributed by atoms with Crippen LogP contribution >= 0.6 is 23.4 Å². The summed E-state index contributed by atoms with van der Waals surface area (Å²) in [5, 5.41) is 22.3. The first-order valence-corrected chi connectivity index (χ1v) is 10.6. The molecule has 0 spiro atoms. The highest BCUT2D eigenvalue weighted by molar-refractivity contribution is 7.99. The standard InChI is InChI=1S/C22H13ClF3N5OS/c23-17-7-2-1-6-14(17)19-15(9-27)20(29)31-21(16(19)10-28)33-11-18(32)30-13-5-3-4-12(8-13)22(24,25)26/h1-8H,11H2,(H2,29,31)(H,30,32)/p+1. The number of carbonyl (C=O) groups is 1. The number of H-pyrrole nitrogens is 1. The molecule has 1 aromatic heterocycles. The first-order chi connectivity index (χ1) is 15.7. The number of alkyl halides is 3. The van der Waals surface area contributed by atoms with E-state index in [0.29, 0.717) is 10.6 Å². The average Bonchev–Trinajstić information content (AvgIpc) is 2.77. The van der Waals surface area contributed by atoms with Crippen LogP contribution < -0.4 is 16.0 Å². The summed E-state index contributed by atoms with van der Waals surface area (Å²) in [4.78, 5) is 15.1. The molecule has 0 aliphatic heterocycles. The third-order valence-electron chi connectivity index (χ3n) is 4.43. The number of nitriles is 2. The number of nitrogens with one attached hydrogen (secondary N) is 2. The molecule has 0 radical (unpaired) electrons. The Balaban J connectivity index is 1.89. The van der Waals surface area contributed by atoms with Crippen molar-refractivity contribution in [2.45, 2.75) is 11.2 Å². The van der Waals surface area contributed by atoms with Crippen LogP contribution in [0.15, 0.2) is 53.6 Å². The maximum absolute atomic E-state index is 12.9. The number of anilines is 2. The summed E-state index contributed by atoms with van der Waals surface area (Å²) in [5.41, 5.74) is 5.80. The van der Waals surface area contributed by atoms with Crippen molar-refractivity contribution in [1.82, 2.24) is 0 Å². The molecule has 2 aromatic carbocycles. The molecular weight excluding hydrogens is 475 g/mol. The maximum atomic E-state index is 12.9. The fourth-order valence-electron chi connectivity index (χ4n) is 2.99. The van der Waals surface area contributed by atoms with E-state index in [-0.39, 0.29) is 39.0 Å². The van der Waals surface area contributed by atoms with Crippen molar-refractivity contribution in [3.05, 3.63) is 70.2 Å². The van der Waals surface area contributed by atoms with Crippen LogP contribution in [0, 0.1) is 22.7 Å². The number of nitrogens with two attached hydrogens (primary N) is 1. The smallest absolute Gasteiger partial charge is 0.325 e. The van der Waals surface area contributed by atoms with Gasteiger partial charge in [0, 0.05) is 21.8 Å². The number of nitrogens with zero attached hydrogens (tertiary/aromatic N) is 2. The maximum Gasteiger partial charge on any atom is 0.416 e. The van der Waals surface area contributed by atoms with E-state index >= 15 is 0 Å². The van der Waals surface area contributed by atoms with Gasteiger partial charge >= 0.3 is 6.18 Å². The molecule has 0 aliphatic rings. The normalized spacial score (nSPS) is 10.8. The number of aromatic nitrogens is 1. The van der Waals surface area contributed by atoms with Gasteiger partial charge in [-0.05, 0) is 24.3 Å². The Labute approximate surface area is 195 Å². The Bertz CT molecular complexity index is 1310. The van der Waals surface area contributed by atoms with Crippen LogP contribution in [0.5, 0.6) is 0 Å². The minimum absolute atomic E-state index is 0.0176. The van der Waals surface area contributed by atoms with E-state index in [1.807, 2.05) is 12.1 Å².